The number of ether oxygens (including phenoxy) is 2. The Bertz CT molecular complexity index is 149. The molecule has 1 saturated heterocycles. The molecule has 0 radical (unpaired) electrons. The average molecular weight is 226 g/mol. The molecule has 0 aromatic carbocycles. The number of hydrogen-bond donors (Lipinski definition) is 4. The molecule has 5 atom stereocenters. The van der Waals surface area contributed by atoms with E-state index in [0.717, 1.165) is 0 Å². The van der Waals surface area contributed by atoms with Gasteiger partial charge in [-0.1, -0.05) is 0 Å². The highest BCUT2D eigenvalue weighted by Crippen LogP contribution is 2.25. The van der Waals surface area contributed by atoms with Crippen LogP contribution in [0.25, 0.3) is 0 Å². The molecule has 1 rings (SSSR count). The van der Waals surface area contributed by atoms with Gasteiger partial charge < -0.3 is 19.7 Å². The molecular weight excluding hydrogens is 212 g/mol. The number of hydrogen-bond acceptors (Lipinski definition) is 6. The van der Waals surface area contributed by atoms with Crippen LogP contribution in [0.15, 0.2) is 0 Å². The van der Waals surface area contributed by atoms with Crippen LogP contribution in [0.3, 0.4) is 0 Å². The molecule has 0 bridgehead atoms. The van der Waals surface area contributed by atoms with E-state index in [1.807, 2.05) is 0 Å². The van der Waals surface area contributed by atoms with Crippen molar-refractivity contribution in [3.63, 3.8) is 0 Å². The second-order valence-corrected chi connectivity index (χ2v) is 3.89. The van der Waals surface area contributed by atoms with Gasteiger partial charge in [0.1, 0.15) is 6.10 Å². The minimum atomic E-state index is -1.05. The fourth-order valence-electron chi connectivity index (χ4n) is 1.26. The highest BCUT2D eigenvalue weighted by atomic mass is 32.1. The SMILES string of the molecule is COC1OC(CS)C(S)C(O)C1O. The van der Waals surface area contributed by atoms with Gasteiger partial charge in [-0.15, -0.1) is 0 Å². The van der Waals surface area contributed by atoms with Gasteiger partial charge in [-0.2, -0.15) is 25.3 Å². The summed E-state index contributed by atoms with van der Waals surface area (Å²) in [7, 11) is 1.41. The lowest BCUT2D eigenvalue weighted by atomic mass is 10.0. The van der Waals surface area contributed by atoms with Gasteiger partial charge in [-0.05, 0) is 0 Å². The lowest BCUT2D eigenvalue weighted by Crippen LogP contribution is -2.56. The van der Waals surface area contributed by atoms with Crippen LogP contribution in [0.4, 0.5) is 0 Å². The van der Waals surface area contributed by atoms with Gasteiger partial charge in [0.25, 0.3) is 0 Å². The van der Waals surface area contributed by atoms with Crippen molar-refractivity contribution < 1.29 is 19.7 Å². The fraction of sp³-hybridized carbons (Fsp3) is 1.00. The first-order valence-corrected chi connectivity index (χ1v) is 5.10. The van der Waals surface area contributed by atoms with Crippen molar-refractivity contribution in [3.05, 3.63) is 0 Å². The van der Waals surface area contributed by atoms with Gasteiger partial charge in [-0.3, -0.25) is 0 Å². The zero-order chi connectivity index (χ0) is 10.0. The molecule has 1 fully saturated rings. The van der Waals surface area contributed by atoms with Crippen molar-refractivity contribution in [2.75, 3.05) is 12.9 Å². The van der Waals surface area contributed by atoms with E-state index in [9.17, 15) is 10.2 Å². The fourth-order valence-corrected chi connectivity index (χ4v) is 2.09. The molecule has 4 nitrogen and oxygen atoms in total. The molecule has 1 aliphatic rings. The van der Waals surface area contributed by atoms with E-state index in [1.54, 1.807) is 0 Å². The van der Waals surface area contributed by atoms with Crippen LogP contribution in [-0.2, 0) is 9.47 Å². The molecule has 0 spiro atoms. The lowest BCUT2D eigenvalue weighted by molar-refractivity contribution is -0.249. The highest BCUT2D eigenvalue weighted by Gasteiger charge is 2.42. The predicted molar refractivity (Wildman–Crippen MR) is 54.3 cm³/mol. The van der Waals surface area contributed by atoms with Crippen LogP contribution >= 0.6 is 25.3 Å². The molecule has 13 heavy (non-hydrogen) atoms. The van der Waals surface area contributed by atoms with Gasteiger partial charge in [0.05, 0.1) is 17.5 Å². The van der Waals surface area contributed by atoms with E-state index in [0.29, 0.717) is 5.75 Å². The maximum atomic E-state index is 9.53. The molecule has 0 aromatic heterocycles. The van der Waals surface area contributed by atoms with Crippen LogP contribution in [-0.4, -0.2) is 52.9 Å². The Morgan fingerprint density at radius 2 is 2.00 bits per heavy atom. The first-order chi connectivity index (χ1) is 6.11. The van der Waals surface area contributed by atoms with Crippen molar-refractivity contribution in [1.29, 1.82) is 0 Å². The molecule has 2 N–H and O–H groups in total. The smallest absolute Gasteiger partial charge is 0.186 e. The Kier molecular flexibility index (Phi) is 4.34. The molecular formula is C7H14O4S2. The van der Waals surface area contributed by atoms with Crippen LogP contribution < -0.4 is 0 Å². The average Bonchev–Trinajstić information content (AvgIpc) is 2.15. The quantitative estimate of drug-likeness (QED) is 0.471. The van der Waals surface area contributed by atoms with Crippen LogP contribution in [0, 0.1) is 0 Å². The van der Waals surface area contributed by atoms with Gasteiger partial charge >= 0.3 is 0 Å². The topological polar surface area (TPSA) is 58.9 Å². The summed E-state index contributed by atoms with van der Waals surface area (Å²) in [4.78, 5) is 0. The largest absolute Gasteiger partial charge is 0.389 e. The summed E-state index contributed by atoms with van der Waals surface area (Å²) in [6, 6.07) is 0. The van der Waals surface area contributed by atoms with Gasteiger partial charge in [0.15, 0.2) is 6.29 Å². The van der Waals surface area contributed by atoms with Crippen molar-refractivity contribution in [2.45, 2.75) is 29.9 Å². The number of aliphatic hydroxyl groups excluding tert-OH is 2. The van der Waals surface area contributed by atoms with E-state index in [4.69, 9.17) is 9.47 Å². The second-order valence-electron chi connectivity index (χ2n) is 2.93. The van der Waals surface area contributed by atoms with E-state index in [-0.39, 0.29) is 6.10 Å². The summed E-state index contributed by atoms with van der Waals surface area (Å²) in [5.74, 6) is 0.428. The van der Waals surface area contributed by atoms with Crippen LogP contribution in [0.2, 0.25) is 0 Å². The Hall–Kier alpha value is 0.540. The number of rotatable bonds is 2. The normalized spacial score (nSPS) is 46.4. The lowest BCUT2D eigenvalue weighted by Gasteiger charge is -2.39. The Morgan fingerprint density at radius 3 is 2.46 bits per heavy atom. The Balaban J connectivity index is 2.66. The maximum Gasteiger partial charge on any atom is 0.186 e. The second kappa shape index (κ2) is 4.86. The zero-order valence-corrected chi connectivity index (χ0v) is 8.99. The third-order valence-electron chi connectivity index (χ3n) is 2.08. The summed E-state index contributed by atoms with van der Waals surface area (Å²) in [5, 5.41) is 18.5. The summed E-state index contributed by atoms with van der Waals surface area (Å²) in [6.45, 7) is 0. The minimum Gasteiger partial charge on any atom is -0.389 e. The first-order valence-electron chi connectivity index (χ1n) is 3.95. The highest BCUT2D eigenvalue weighted by molar-refractivity contribution is 7.81. The van der Waals surface area contributed by atoms with Gasteiger partial charge in [-0.25, -0.2) is 0 Å². The predicted octanol–water partition coefficient (Wildman–Crippen LogP) is -0.692. The molecule has 0 saturated carbocycles. The Labute approximate surface area is 88.0 Å². The molecule has 0 aromatic rings. The van der Waals surface area contributed by atoms with Crippen molar-refractivity contribution >= 4 is 25.3 Å². The zero-order valence-electron chi connectivity index (χ0n) is 7.20. The van der Waals surface area contributed by atoms with Crippen molar-refractivity contribution in [1.82, 2.24) is 0 Å². The summed E-state index contributed by atoms with van der Waals surface area (Å²) in [5.41, 5.74) is 0. The first kappa shape index (κ1) is 11.6. The van der Waals surface area contributed by atoms with Crippen molar-refractivity contribution in [3.8, 4) is 0 Å². The monoisotopic (exact) mass is 226 g/mol. The van der Waals surface area contributed by atoms with E-state index in [2.05, 4.69) is 25.3 Å². The van der Waals surface area contributed by atoms with Gasteiger partial charge in [0, 0.05) is 12.9 Å². The van der Waals surface area contributed by atoms with E-state index >= 15 is 0 Å². The summed E-state index contributed by atoms with van der Waals surface area (Å²) < 4.78 is 10.1. The maximum absolute atomic E-state index is 9.53. The number of thiol groups is 2. The Morgan fingerprint density at radius 1 is 1.38 bits per heavy atom. The molecule has 1 heterocycles. The molecule has 78 valence electrons. The van der Waals surface area contributed by atoms with Crippen molar-refractivity contribution in [2.24, 2.45) is 0 Å². The number of methoxy groups -OCH3 is 1. The third kappa shape index (κ3) is 2.31. The number of aliphatic hydroxyl groups is 2. The van der Waals surface area contributed by atoms with Crippen LogP contribution in [0.5, 0.6) is 0 Å². The standard InChI is InChI=1S/C7H14O4S2/c1-10-7-5(9)4(8)6(13)3(2-12)11-7/h3-9,12-13H,2H2,1H3. The van der Waals surface area contributed by atoms with Crippen LogP contribution in [0.1, 0.15) is 0 Å². The summed E-state index contributed by atoms with van der Waals surface area (Å²) >= 11 is 8.18. The molecule has 1 aliphatic heterocycles. The molecule has 0 aliphatic carbocycles. The van der Waals surface area contributed by atoms with E-state index in [1.165, 1.54) is 7.11 Å². The molecule has 6 heteroatoms. The van der Waals surface area contributed by atoms with E-state index < -0.39 is 23.7 Å². The third-order valence-corrected chi connectivity index (χ3v) is 3.08. The van der Waals surface area contributed by atoms with Gasteiger partial charge in [0.2, 0.25) is 0 Å². The summed E-state index contributed by atoms with van der Waals surface area (Å²) in [6.07, 6.45) is -3.10. The molecule has 5 unspecified atom stereocenters. The molecule has 0 amide bonds. The minimum absolute atomic E-state index is 0.310.